The Labute approximate surface area is 137 Å². The molecule has 5 nitrogen and oxygen atoms in total. The van der Waals surface area contributed by atoms with Crippen molar-refractivity contribution in [2.45, 2.75) is 51.2 Å². The van der Waals surface area contributed by atoms with E-state index in [0.29, 0.717) is 19.4 Å². The van der Waals surface area contributed by atoms with E-state index in [1.165, 1.54) is 0 Å². The molecule has 3 fully saturated rings. The summed E-state index contributed by atoms with van der Waals surface area (Å²) in [4.78, 5) is 27.5. The zero-order valence-corrected chi connectivity index (χ0v) is 14.2. The number of nitrogens with zero attached hydrogens (tertiary/aromatic N) is 1. The van der Waals surface area contributed by atoms with Crippen LogP contribution >= 0.6 is 0 Å². The summed E-state index contributed by atoms with van der Waals surface area (Å²) in [6, 6.07) is 7.64. The summed E-state index contributed by atoms with van der Waals surface area (Å²) in [5.41, 5.74) is -0.505. The van der Waals surface area contributed by atoms with Crippen LogP contribution in [0.2, 0.25) is 0 Å². The molecule has 4 rings (SSSR count). The molecule has 0 aromatic heterocycles. The van der Waals surface area contributed by atoms with E-state index in [0.717, 1.165) is 11.3 Å². The van der Waals surface area contributed by atoms with Crippen molar-refractivity contribution in [1.29, 1.82) is 0 Å². The number of rotatable bonds is 4. The fourth-order valence-electron chi connectivity index (χ4n) is 3.68. The molecule has 3 saturated heterocycles. The zero-order chi connectivity index (χ0) is 16.8. The standard InChI is InChI=1S/C18H24N2O3/c1-12(2)18-10-9-17(3,15(21)19-18)20(16(18)22)11-13-5-7-14(23-4)8-6-13/h5-8,12H,9-11H2,1-4H3,(H,19,21)/t17-,18+/m1/s1. The Kier molecular flexibility index (Phi) is 3.62. The summed E-state index contributed by atoms with van der Waals surface area (Å²) in [5, 5.41) is 3.00. The molecule has 2 bridgehead atoms. The Bertz CT molecular complexity index is 640. The van der Waals surface area contributed by atoms with Gasteiger partial charge in [-0.3, -0.25) is 9.59 Å². The molecule has 23 heavy (non-hydrogen) atoms. The van der Waals surface area contributed by atoms with Gasteiger partial charge in [-0.25, -0.2) is 0 Å². The molecule has 0 unspecified atom stereocenters. The van der Waals surface area contributed by atoms with E-state index in [1.54, 1.807) is 12.0 Å². The van der Waals surface area contributed by atoms with Crippen molar-refractivity contribution in [1.82, 2.24) is 10.2 Å². The first-order chi connectivity index (χ1) is 10.8. The summed E-state index contributed by atoms with van der Waals surface area (Å²) in [5.74, 6) is 0.854. The lowest BCUT2D eigenvalue weighted by Gasteiger charge is -2.58. The van der Waals surface area contributed by atoms with E-state index in [9.17, 15) is 9.59 Å². The number of benzene rings is 1. The Balaban J connectivity index is 1.93. The van der Waals surface area contributed by atoms with Crippen LogP contribution in [0.1, 0.15) is 39.2 Å². The van der Waals surface area contributed by atoms with Gasteiger partial charge in [0.1, 0.15) is 16.8 Å². The number of carbonyl (C=O) groups excluding carboxylic acids is 2. The topological polar surface area (TPSA) is 58.6 Å². The van der Waals surface area contributed by atoms with E-state index < -0.39 is 11.1 Å². The van der Waals surface area contributed by atoms with Crippen molar-refractivity contribution < 1.29 is 14.3 Å². The minimum absolute atomic E-state index is 0.0365. The highest BCUT2D eigenvalue weighted by Crippen LogP contribution is 2.43. The van der Waals surface area contributed by atoms with Crippen LogP contribution in [-0.2, 0) is 16.1 Å². The molecule has 5 heteroatoms. The molecule has 3 aliphatic heterocycles. The normalized spacial score (nSPS) is 29.9. The van der Waals surface area contributed by atoms with Gasteiger partial charge in [-0.05, 0) is 43.4 Å². The number of carbonyl (C=O) groups is 2. The average Bonchev–Trinajstić information content (AvgIpc) is 2.53. The van der Waals surface area contributed by atoms with E-state index in [1.807, 2.05) is 45.0 Å². The first-order valence-corrected chi connectivity index (χ1v) is 8.11. The molecular formula is C18H24N2O3. The number of ether oxygens (including phenoxy) is 1. The van der Waals surface area contributed by atoms with Gasteiger partial charge in [-0.15, -0.1) is 0 Å². The number of hydrogen-bond acceptors (Lipinski definition) is 3. The largest absolute Gasteiger partial charge is 0.497 e. The number of methoxy groups -OCH3 is 1. The van der Waals surface area contributed by atoms with Gasteiger partial charge in [0.05, 0.1) is 7.11 Å². The molecule has 0 spiro atoms. The monoisotopic (exact) mass is 316 g/mol. The molecule has 124 valence electrons. The molecule has 2 atom stereocenters. The number of amides is 2. The molecule has 3 aliphatic rings. The van der Waals surface area contributed by atoms with Gasteiger partial charge < -0.3 is 15.0 Å². The van der Waals surface area contributed by atoms with Gasteiger partial charge in [0.25, 0.3) is 0 Å². The minimum Gasteiger partial charge on any atom is -0.497 e. The van der Waals surface area contributed by atoms with Crippen molar-refractivity contribution in [3.8, 4) is 5.75 Å². The Morgan fingerprint density at radius 1 is 1.22 bits per heavy atom. The van der Waals surface area contributed by atoms with Gasteiger partial charge in [-0.2, -0.15) is 0 Å². The van der Waals surface area contributed by atoms with Crippen LogP contribution < -0.4 is 10.1 Å². The van der Waals surface area contributed by atoms with Gasteiger partial charge >= 0.3 is 0 Å². The predicted octanol–water partition coefficient (Wildman–Crippen LogP) is 2.10. The molecule has 0 aliphatic carbocycles. The van der Waals surface area contributed by atoms with Crippen molar-refractivity contribution >= 4 is 11.8 Å². The van der Waals surface area contributed by atoms with Gasteiger partial charge in [0.2, 0.25) is 11.8 Å². The molecule has 0 saturated carbocycles. The van der Waals surface area contributed by atoms with Crippen LogP contribution in [0.25, 0.3) is 0 Å². The summed E-state index contributed by atoms with van der Waals surface area (Å²) in [7, 11) is 1.62. The van der Waals surface area contributed by atoms with Crippen LogP contribution in [0.15, 0.2) is 24.3 Å². The summed E-state index contributed by atoms with van der Waals surface area (Å²) in [6.45, 7) is 6.31. The lowest BCUT2D eigenvalue weighted by molar-refractivity contribution is -0.175. The lowest BCUT2D eigenvalue weighted by Crippen LogP contribution is -2.80. The molecule has 1 N–H and O–H groups in total. The van der Waals surface area contributed by atoms with Crippen LogP contribution in [0.5, 0.6) is 5.75 Å². The van der Waals surface area contributed by atoms with Crippen molar-refractivity contribution in [3.63, 3.8) is 0 Å². The highest BCUT2D eigenvalue weighted by atomic mass is 16.5. The molecule has 1 aromatic rings. The summed E-state index contributed by atoms with van der Waals surface area (Å²) < 4.78 is 5.17. The SMILES string of the molecule is COc1ccc(CN2C(=O)[C@@]3(C(C)C)CC[C@]2(C)C(=O)N3)cc1. The van der Waals surface area contributed by atoms with Crippen molar-refractivity contribution in [2.24, 2.45) is 5.92 Å². The van der Waals surface area contributed by atoms with E-state index >= 15 is 0 Å². The predicted molar refractivity (Wildman–Crippen MR) is 86.9 cm³/mol. The summed E-state index contributed by atoms with van der Waals surface area (Å²) >= 11 is 0. The molecular weight excluding hydrogens is 292 g/mol. The molecule has 2 amide bonds. The van der Waals surface area contributed by atoms with E-state index in [2.05, 4.69) is 5.32 Å². The van der Waals surface area contributed by atoms with Crippen LogP contribution in [0, 0.1) is 5.92 Å². The van der Waals surface area contributed by atoms with E-state index in [-0.39, 0.29) is 17.7 Å². The van der Waals surface area contributed by atoms with E-state index in [4.69, 9.17) is 4.74 Å². The smallest absolute Gasteiger partial charge is 0.249 e. The quantitative estimate of drug-likeness (QED) is 0.925. The Morgan fingerprint density at radius 3 is 2.39 bits per heavy atom. The van der Waals surface area contributed by atoms with Gasteiger partial charge in [0.15, 0.2) is 0 Å². The van der Waals surface area contributed by atoms with Crippen molar-refractivity contribution in [2.75, 3.05) is 7.11 Å². The fourth-order valence-corrected chi connectivity index (χ4v) is 3.68. The third kappa shape index (κ3) is 2.21. The molecule has 1 aromatic carbocycles. The summed E-state index contributed by atoms with van der Waals surface area (Å²) in [6.07, 6.45) is 1.42. The van der Waals surface area contributed by atoms with Crippen molar-refractivity contribution in [3.05, 3.63) is 29.8 Å². The average molecular weight is 316 g/mol. The zero-order valence-electron chi connectivity index (χ0n) is 14.2. The molecule has 0 radical (unpaired) electrons. The third-order valence-electron chi connectivity index (χ3n) is 5.54. The number of fused-ring (bicyclic) bond motifs is 3. The van der Waals surface area contributed by atoms with Crippen LogP contribution in [0.3, 0.4) is 0 Å². The Hall–Kier alpha value is -2.04. The first kappa shape index (κ1) is 15.8. The first-order valence-electron chi connectivity index (χ1n) is 8.11. The second-order valence-electron chi connectivity index (χ2n) is 7.09. The van der Waals surface area contributed by atoms with Gasteiger partial charge in [0, 0.05) is 6.54 Å². The highest BCUT2D eigenvalue weighted by molar-refractivity contribution is 6.03. The number of hydrogen-bond donors (Lipinski definition) is 1. The fraction of sp³-hybridized carbons (Fsp3) is 0.556. The number of nitrogens with one attached hydrogen (secondary N) is 1. The third-order valence-corrected chi connectivity index (χ3v) is 5.54. The second kappa shape index (κ2) is 5.25. The maximum absolute atomic E-state index is 13.1. The highest BCUT2D eigenvalue weighted by Gasteiger charge is 2.62. The maximum atomic E-state index is 13.1. The second-order valence-corrected chi connectivity index (χ2v) is 7.09. The van der Waals surface area contributed by atoms with Gasteiger partial charge in [-0.1, -0.05) is 26.0 Å². The Morgan fingerprint density at radius 2 is 1.87 bits per heavy atom. The number of piperazine rings is 1. The van der Waals surface area contributed by atoms with Crippen LogP contribution in [-0.4, -0.2) is 34.9 Å². The molecule has 3 heterocycles. The van der Waals surface area contributed by atoms with Crippen LogP contribution in [0.4, 0.5) is 0 Å². The minimum atomic E-state index is -0.756. The number of piperidine rings is 2. The maximum Gasteiger partial charge on any atom is 0.249 e. The lowest BCUT2D eigenvalue weighted by atomic mass is 9.68.